The van der Waals surface area contributed by atoms with Crippen LogP contribution in [-0.2, 0) is 6.42 Å². The molecule has 0 saturated carbocycles. The number of aryl methyl sites for hydroxylation is 1. The zero-order chi connectivity index (χ0) is 14.4. The molecule has 4 rings (SSSR count). The molecule has 3 nitrogen and oxygen atoms in total. The molecule has 0 radical (unpaired) electrons. The molecule has 21 heavy (non-hydrogen) atoms. The quantitative estimate of drug-likeness (QED) is 0.558. The summed E-state index contributed by atoms with van der Waals surface area (Å²) in [5.74, 6) is 0. The standard InChI is InChI=1S/C17H15N3S/c1-2-11-3-8-15-16(9-11)21-17-19-14(10-20(15)17)12-4-6-13(18)7-5-12/h3-10H,2,18H2,1H3. The highest BCUT2D eigenvalue weighted by Gasteiger charge is 2.10. The number of hydrogen-bond donors (Lipinski definition) is 1. The van der Waals surface area contributed by atoms with Crippen molar-refractivity contribution in [1.82, 2.24) is 9.38 Å². The van der Waals surface area contributed by atoms with Crippen LogP contribution >= 0.6 is 11.3 Å². The number of benzene rings is 2. The summed E-state index contributed by atoms with van der Waals surface area (Å²) in [5.41, 5.74) is 11.2. The van der Waals surface area contributed by atoms with E-state index in [2.05, 4.69) is 35.7 Å². The van der Waals surface area contributed by atoms with Crippen LogP contribution < -0.4 is 5.73 Å². The van der Waals surface area contributed by atoms with Crippen molar-refractivity contribution in [2.75, 3.05) is 5.73 Å². The number of fused-ring (bicyclic) bond motifs is 3. The molecule has 2 aromatic carbocycles. The number of thiazole rings is 1. The lowest BCUT2D eigenvalue weighted by atomic mass is 10.1. The molecule has 2 heterocycles. The van der Waals surface area contributed by atoms with Gasteiger partial charge in [0, 0.05) is 17.4 Å². The van der Waals surface area contributed by atoms with Gasteiger partial charge in [-0.05, 0) is 36.2 Å². The fourth-order valence-electron chi connectivity index (χ4n) is 2.56. The summed E-state index contributed by atoms with van der Waals surface area (Å²) in [7, 11) is 0. The van der Waals surface area contributed by atoms with Crippen LogP contribution in [0, 0.1) is 0 Å². The Morgan fingerprint density at radius 2 is 1.95 bits per heavy atom. The van der Waals surface area contributed by atoms with E-state index < -0.39 is 0 Å². The first kappa shape index (κ1) is 12.4. The smallest absolute Gasteiger partial charge is 0.195 e. The number of imidazole rings is 1. The number of anilines is 1. The van der Waals surface area contributed by atoms with Crippen LogP contribution in [0.15, 0.2) is 48.7 Å². The highest BCUT2D eigenvalue weighted by atomic mass is 32.1. The van der Waals surface area contributed by atoms with Crippen molar-refractivity contribution in [2.24, 2.45) is 0 Å². The molecule has 0 saturated heterocycles. The van der Waals surface area contributed by atoms with E-state index >= 15 is 0 Å². The van der Waals surface area contributed by atoms with E-state index in [1.807, 2.05) is 24.3 Å². The lowest BCUT2D eigenvalue weighted by Crippen LogP contribution is -1.84. The number of nitrogens with two attached hydrogens (primary N) is 1. The predicted octanol–water partition coefficient (Wildman–Crippen LogP) is 4.36. The van der Waals surface area contributed by atoms with Gasteiger partial charge in [0.25, 0.3) is 0 Å². The normalized spacial score (nSPS) is 11.5. The van der Waals surface area contributed by atoms with Gasteiger partial charge in [0.05, 0.1) is 15.9 Å². The molecular formula is C17H15N3S. The lowest BCUT2D eigenvalue weighted by molar-refractivity contribution is 1.14. The lowest BCUT2D eigenvalue weighted by Gasteiger charge is -1.98. The Hall–Kier alpha value is -2.33. The van der Waals surface area contributed by atoms with Crippen LogP contribution in [0.4, 0.5) is 5.69 Å². The van der Waals surface area contributed by atoms with Crippen molar-refractivity contribution in [3.8, 4) is 11.3 Å². The Bertz CT molecular complexity index is 932. The topological polar surface area (TPSA) is 43.3 Å². The predicted molar refractivity (Wildman–Crippen MR) is 89.8 cm³/mol. The van der Waals surface area contributed by atoms with Gasteiger partial charge in [-0.1, -0.05) is 36.5 Å². The van der Waals surface area contributed by atoms with Crippen LogP contribution in [-0.4, -0.2) is 9.38 Å². The Morgan fingerprint density at radius 1 is 1.14 bits per heavy atom. The fraction of sp³-hybridized carbons (Fsp3) is 0.118. The van der Waals surface area contributed by atoms with Crippen molar-refractivity contribution < 1.29 is 0 Å². The molecule has 2 aromatic heterocycles. The molecule has 0 atom stereocenters. The summed E-state index contributed by atoms with van der Waals surface area (Å²) in [6.07, 6.45) is 3.16. The van der Waals surface area contributed by atoms with E-state index in [0.29, 0.717) is 0 Å². The van der Waals surface area contributed by atoms with Crippen LogP contribution in [0.3, 0.4) is 0 Å². The van der Waals surface area contributed by atoms with Crippen molar-refractivity contribution in [3.05, 3.63) is 54.2 Å². The first-order valence-corrected chi connectivity index (χ1v) is 7.82. The largest absolute Gasteiger partial charge is 0.399 e. The second kappa shape index (κ2) is 4.60. The van der Waals surface area contributed by atoms with Gasteiger partial charge in [0.2, 0.25) is 0 Å². The van der Waals surface area contributed by atoms with Crippen molar-refractivity contribution in [3.63, 3.8) is 0 Å². The molecule has 0 aliphatic heterocycles. The maximum atomic E-state index is 5.74. The summed E-state index contributed by atoms with van der Waals surface area (Å²) < 4.78 is 3.46. The van der Waals surface area contributed by atoms with Crippen molar-refractivity contribution >= 4 is 32.2 Å². The molecule has 4 heteroatoms. The van der Waals surface area contributed by atoms with Gasteiger partial charge in [-0.15, -0.1) is 0 Å². The molecule has 4 aromatic rings. The van der Waals surface area contributed by atoms with E-state index in [-0.39, 0.29) is 0 Å². The maximum absolute atomic E-state index is 5.74. The summed E-state index contributed by atoms with van der Waals surface area (Å²) in [6.45, 7) is 2.18. The molecule has 2 N–H and O–H groups in total. The minimum atomic E-state index is 0.775. The molecule has 0 fully saturated rings. The average Bonchev–Trinajstić information content (AvgIpc) is 3.04. The summed E-state index contributed by atoms with van der Waals surface area (Å²) in [4.78, 5) is 5.78. The van der Waals surface area contributed by atoms with Gasteiger partial charge in [-0.2, -0.15) is 0 Å². The maximum Gasteiger partial charge on any atom is 0.195 e. The highest BCUT2D eigenvalue weighted by Crippen LogP contribution is 2.30. The molecular weight excluding hydrogens is 278 g/mol. The second-order valence-electron chi connectivity index (χ2n) is 5.16. The molecule has 0 aliphatic carbocycles. The van der Waals surface area contributed by atoms with Gasteiger partial charge in [0.1, 0.15) is 0 Å². The van der Waals surface area contributed by atoms with Crippen LogP contribution in [0.1, 0.15) is 12.5 Å². The van der Waals surface area contributed by atoms with Gasteiger partial charge >= 0.3 is 0 Å². The highest BCUT2D eigenvalue weighted by molar-refractivity contribution is 7.23. The fourth-order valence-corrected chi connectivity index (χ4v) is 3.63. The first-order valence-electron chi connectivity index (χ1n) is 7.01. The molecule has 0 unspecified atom stereocenters. The number of nitrogens with zero attached hydrogens (tertiary/aromatic N) is 2. The molecule has 0 bridgehead atoms. The molecule has 104 valence electrons. The summed E-state index contributed by atoms with van der Waals surface area (Å²) >= 11 is 1.74. The Balaban J connectivity index is 1.88. The molecule has 0 amide bonds. The monoisotopic (exact) mass is 293 g/mol. The number of nitrogen functional groups attached to an aromatic ring is 1. The van der Waals surface area contributed by atoms with E-state index in [1.54, 1.807) is 11.3 Å². The van der Waals surface area contributed by atoms with Gasteiger partial charge in [-0.25, -0.2) is 4.98 Å². The van der Waals surface area contributed by atoms with Gasteiger partial charge < -0.3 is 5.73 Å². The average molecular weight is 293 g/mol. The molecule has 0 aliphatic rings. The Morgan fingerprint density at radius 3 is 2.71 bits per heavy atom. The zero-order valence-corrected chi connectivity index (χ0v) is 12.5. The third-order valence-electron chi connectivity index (χ3n) is 3.77. The minimum absolute atomic E-state index is 0.775. The van der Waals surface area contributed by atoms with Gasteiger partial charge in [-0.3, -0.25) is 4.40 Å². The van der Waals surface area contributed by atoms with E-state index in [1.165, 1.54) is 15.8 Å². The summed E-state index contributed by atoms with van der Waals surface area (Å²) in [5, 5.41) is 0. The Labute approximate surface area is 126 Å². The number of hydrogen-bond acceptors (Lipinski definition) is 3. The third kappa shape index (κ3) is 1.99. The van der Waals surface area contributed by atoms with Crippen LogP contribution in [0.25, 0.3) is 26.4 Å². The van der Waals surface area contributed by atoms with Crippen molar-refractivity contribution in [2.45, 2.75) is 13.3 Å². The van der Waals surface area contributed by atoms with Crippen LogP contribution in [0.2, 0.25) is 0 Å². The SMILES string of the molecule is CCc1ccc2c(c1)sc1nc(-c3ccc(N)cc3)cn12. The minimum Gasteiger partial charge on any atom is -0.399 e. The number of aromatic nitrogens is 2. The van der Waals surface area contributed by atoms with E-state index in [0.717, 1.165) is 28.3 Å². The second-order valence-corrected chi connectivity index (χ2v) is 6.17. The third-order valence-corrected chi connectivity index (χ3v) is 4.79. The molecule has 0 spiro atoms. The van der Waals surface area contributed by atoms with E-state index in [9.17, 15) is 0 Å². The van der Waals surface area contributed by atoms with Gasteiger partial charge in [0.15, 0.2) is 4.96 Å². The summed E-state index contributed by atoms with van der Waals surface area (Å²) in [6, 6.07) is 14.5. The Kier molecular flexibility index (Phi) is 2.72. The van der Waals surface area contributed by atoms with Crippen LogP contribution in [0.5, 0.6) is 0 Å². The number of rotatable bonds is 2. The first-order chi connectivity index (χ1) is 10.2. The van der Waals surface area contributed by atoms with Crippen molar-refractivity contribution in [1.29, 1.82) is 0 Å². The van der Waals surface area contributed by atoms with E-state index in [4.69, 9.17) is 10.7 Å². The zero-order valence-electron chi connectivity index (χ0n) is 11.7.